The summed E-state index contributed by atoms with van der Waals surface area (Å²) in [5.41, 5.74) is 0.105. The zero-order valence-electron chi connectivity index (χ0n) is 12.3. The topological polar surface area (TPSA) is 58.0 Å². The van der Waals surface area contributed by atoms with Gasteiger partial charge in [0.25, 0.3) is 0 Å². The van der Waals surface area contributed by atoms with Gasteiger partial charge in [0.05, 0.1) is 5.60 Å². The minimum absolute atomic E-state index is 0.555. The smallest absolute Gasteiger partial charge is 0.133 e. The number of hydrogen-bond donors (Lipinski definition) is 2. The Morgan fingerprint density at radius 1 is 1.24 bits per heavy atom. The van der Waals surface area contributed by atoms with E-state index in [1.807, 2.05) is 43.3 Å². The van der Waals surface area contributed by atoms with Crippen molar-refractivity contribution in [3.8, 4) is 0 Å². The molecule has 1 aromatic carbocycles. The average molecular weight is 283 g/mol. The van der Waals surface area contributed by atoms with Crippen LogP contribution in [-0.4, -0.2) is 21.6 Å². The fourth-order valence-corrected chi connectivity index (χ4v) is 2.39. The van der Waals surface area contributed by atoms with E-state index < -0.39 is 5.60 Å². The highest BCUT2D eigenvalue weighted by Crippen LogP contribution is 2.38. The number of nitrogens with one attached hydrogen (secondary N) is 1. The van der Waals surface area contributed by atoms with Gasteiger partial charge < -0.3 is 10.4 Å². The maximum absolute atomic E-state index is 10.5. The lowest BCUT2D eigenvalue weighted by atomic mass is 9.93. The van der Waals surface area contributed by atoms with Gasteiger partial charge in [-0.3, -0.25) is 0 Å². The molecule has 1 saturated carbocycles. The maximum Gasteiger partial charge on any atom is 0.133 e. The molecule has 21 heavy (non-hydrogen) atoms. The molecule has 1 aliphatic rings. The third-order valence-electron chi connectivity index (χ3n) is 3.93. The zero-order chi connectivity index (χ0) is 14.7. The fourth-order valence-electron chi connectivity index (χ4n) is 2.39. The standard InChI is InChI=1S/C17H21N3O/c1-17(21,14-5-3-2-4-6-14)10-12-18-15-9-11-19-16(20-15)13-7-8-13/h2-6,9,11,13,21H,7-8,10,12H2,1H3,(H,18,19,20). The molecule has 0 amide bonds. The Morgan fingerprint density at radius 2 is 2.00 bits per heavy atom. The Bertz CT molecular complexity index is 594. The van der Waals surface area contributed by atoms with Crippen LogP contribution in [0.15, 0.2) is 42.6 Å². The molecule has 4 nitrogen and oxygen atoms in total. The predicted molar refractivity (Wildman–Crippen MR) is 83.1 cm³/mol. The van der Waals surface area contributed by atoms with Gasteiger partial charge in [0.2, 0.25) is 0 Å². The van der Waals surface area contributed by atoms with Gasteiger partial charge >= 0.3 is 0 Å². The van der Waals surface area contributed by atoms with E-state index in [4.69, 9.17) is 0 Å². The van der Waals surface area contributed by atoms with Crippen LogP contribution < -0.4 is 5.32 Å². The van der Waals surface area contributed by atoms with Crippen LogP contribution in [0.3, 0.4) is 0 Å². The quantitative estimate of drug-likeness (QED) is 0.855. The number of anilines is 1. The molecule has 1 heterocycles. The molecule has 1 fully saturated rings. The van der Waals surface area contributed by atoms with Crippen molar-refractivity contribution in [1.82, 2.24) is 9.97 Å². The maximum atomic E-state index is 10.5. The number of hydrogen-bond acceptors (Lipinski definition) is 4. The Morgan fingerprint density at radius 3 is 2.71 bits per heavy atom. The largest absolute Gasteiger partial charge is 0.385 e. The van der Waals surface area contributed by atoms with Gasteiger partial charge in [-0.05, 0) is 37.8 Å². The van der Waals surface area contributed by atoms with E-state index >= 15 is 0 Å². The first-order chi connectivity index (χ1) is 10.1. The second kappa shape index (κ2) is 5.82. The molecule has 1 unspecified atom stereocenters. The van der Waals surface area contributed by atoms with Crippen LogP contribution in [0.25, 0.3) is 0 Å². The SMILES string of the molecule is CC(O)(CCNc1ccnc(C2CC2)n1)c1ccccc1. The second-order valence-corrected chi connectivity index (χ2v) is 5.89. The highest BCUT2D eigenvalue weighted by Gasteiger charge is 2.26. The first kappa shape index (κ1) is 14.0. The third-order valence-corrected chi connectivity index (χ3v) is 3.93. The fraction of sp³-hybridized carbons (Fsp3) is 0.412. The highest BCUT2D eigenvalue weighted by molar-refractivity contribution is 5.34. The summed E-state index contributed by atoms with van der Waals surface area (Å²) in [6.07, 6.45) is 4.83. The van der Waals surface area contributed by atoms with Crippen LogP contribution in [0.4, 0.5) is 5.82 Å². The van der Waals surface area contributed by atoms with E-state index in [2.05, 4.69) is 15.3 Å². The minimum Gasteiger partial charge on any atom is -0.385 e. The molecule has 1 atom stereocenters. The van der Waals surface area contributed by atoms with E-state index in [1.165, 1.54) is 12.8 Å². The van der Waals surface area contributed by atoms with E-state index in [-0.39, 0.29) is 0 Å². The van der Waals surface area contributed by atoms with Crippen LogP contribution >= 0.6 is 0 Å². The zero-order valence-corrected chi connectivity index (χ0v) is 12.3. The number of rotatable bonds is 6. The van der Waals surface area contributed by atoms with Crippen LogP contribution in [0.2, 0.25) is 0 Å². The van der Waals surface area contributed by atoms with Gasteiger partial charge in [0.15, 0.2) is 0 Å². The lowest BCUT2D eigenvalue weighted by molar-refractivity contribution is 0.0515. The molecular formula is C17H21N3O. The van der Waals surface area contributed by atoms with Gasteiger partial charge in [-0.15, -0.1) is 0 Å². The molecule has 3 rings (SSSR count). The van der Waals surface area contributed by atoms with Crippen molar-refractivity contribution < 1.29 is 5.11 Å². The van der Waals surface area contributed by atoms with Crippen LogP contribution in [-0.2, 0) is 5.60 Å². The highest BCUT2D eigenvalue weighted by atomic mass is 16.3. The Kier molecular flexibility index (Phi) is 3.88. The monoisotopic (exact) mass is 283 g/mol. The third kappa shape index (κ3) is 3.58. The summed E-state index contributed by atoms with van der Waals surface area (Å²) in [4.78, 5) is 8.83. The summed E-state index contributed by atoms with van der Waals surface area (Å²) >= 11 is 0. The summed E-state index contributed by atoms with van der Waals surface area (Å²) in [6, 6.07) is 11.6. The van der Waals surface area contributed by atoms with E-state index in [1.54, 1.807) is 6.20 Å². The van der Waals surface area contributed by atoms with Crippen molar-refractivity contribution >= 4 is 5.82 Å². The van der Waals surface area contributed by atoms with Crippen LogP contribution in [0.1, 0.15) is 43.5 Å². The molecule has 0 bridgehead atoms. The molecule has 1 aromatic heterocycles. The number of nitrogens with zero attached hydrogens (tertiary/aromatic N) is 2. The van der Waals surface area contributed by atoms with Crippen molar-refractivity contribution in [2.75, 3.05) is 11.9 Å². The number of aromatic nitrogens is 2. The van der Waals surface area contributed by atoms with Crippen molar-refractivity contribution in [3.05, 3.63) is 54.0 Å². The molecule has 0 radical (unpaired) electrons. The van der Waals surface area contributed by atoms with Crippen LogP contribution in [0.5, 0.6) is 0 Å². The molecule has 2 N–H and O–H groups in total. The first-order valence-electron chi connectivity index (χ1n) is 7.50. The van der Waals surface area contributed by atoms with Crippen molar-refractivity contribution in [2.45, 2.75) is 37.7 Å². The molecule has 0 aliphatic heterocycles. The van der Waals surface area contributed by atoms with E-state index in [0.717, 1.165) is 17.2 Å². The molecule has 110 valence electrons. The van der Waals surface area contributed by atoms with Crippen molar-refractivity contribution in [3.63, 3.8) is 0 Å². The Labute approximate surface area is 125 Å². The number of aliphatic hydroxyl groups is 1. The van der Waals surface area contributed by atoms with Gasteiger partial charge in [-0.25, -0.2) is 9.97 Å². The minimum atomic E-state index is -0.833. The molecule has 0 saturated heterocycles. The summed E-state index contributed by atoms with van der Waals surface area (Å²) in [7, 11) is 0. The van der Waals surface area contributed by atoms with E-state index in [9.17, 15) is 5.11 Å². The molecule has 2 aromatic rings. The molecule has 1 aliphatic carbocycles. The Hall–Kier alpha value is -1.94. The molecule has 0 spiro atoms. The summed E-state index contributed by atoms with van der Waals surface area (Å²) in [5, 5.41) is 13.8. The van der Waals surface area contributed by atoms with Gasteiger partial charge in [-0.2, -0.15) is 0 Å². The van der Waals surface area contributed by atoms with Gasteiger partial charge in [0.1, 0.15) is 11.6 Å². The normalized spacial score (nSPS) is 17.2. The Balaban J connectivity index is 1.57. The summed E-state index contributed by atoms with van der Waals surface area (Å²) < 4.78 is 0. The van der Waals surface area contributed by atoms with Gasteiger partial charge in [0, 0.05) is 18.7 Å². The average Bonchev–Trinajstić information content (AvgIpc) is 3.33. The van der Waals surface area contributed by atoms with Gasteiger partial charge in [-0.1, -0.05) is 30.3 Å². The number of benzene rings is 1. The van der Waals surface area contributed by atoms with Crippen LogP contribution in [0, 0.1) is 0 Å². The van der Waals surface area contributed by atoms with Crippen molar-refractivity contribution in [1.29, 1.82) is 0 Å². The van der Waals surface area contributed by atoms with Crippen molar-refractivity contribution in [2.24, 2.45) is 0 Å². The lowest BCUT2D eigenvalue weighted by Crippen LogP contribution is -2.24. The first-order valence-corrected chi connectivity index (χ1v) is 7.50. The predicted octanol–water partition coefficient (Wildman–Crippen LogP) is 3.06. The van der Waals surface area contributed by atoms with E-state index in [0.29, 0.717) is 18.9 Å². The summed E-state index contributed by atoms with van der Waals surface area (Å²) in [6.45, 7) is 2.52. The second-order valence-electron chi connectivity index (χ2n) is 5.89. The summed E-state index contributed by atoms with van der Waals surface area (Å²) in [5.74, 6) is 2.34. The lowest BCUT2D eigenvalue weighted by Gasteiger charge is -2.24. The molecular weight excluding hydrogens is 262 g/mol. The molecule has 4 heteroatoms.